The molecule has 1 aliphatic carbocycles. The van der Waals surface area contributed by atoms with Crippen LogP contribution in [0.1, 0.15) is 22.4 Å². The highest BCUT2D eigenvalue weighted by Gasteiger charge is 2.30. The number of aromatic nitrogens is 1. The van der Waals surface area contributed by atoms with Crippen molar-refractivity contribution in [2.45, 2.75) is 6.92 Å². The fraction of sp³-hybridized carbons (Fsp3) is 0.0345. The standard InChI is InChI=1S/C29H21N/c1-20-15-17-22(18-16-20)30-27-14-8-7-13-25(27)28-24-12-6-5-11-23(24)26(29(28)30)19-21-9-3-2-4-10-21/h2-19H,1H3/b26-19+. The minimum absolute atomic E-state index is 1.20. The van der Waals surface area contributed by atoms with Crippen LogP contribution in [0.3, 0.4) is 0 Å². The van der Waals surface area contributed by atoms with E-state index in [0.717, 1.165) is 0 Å². The molecular formula is C29H21N. The molecular weight excluding hydrogens is 362 g/mol. The van der Waals surface area contributed by atoms with Crippen molar-refractivity contribution in [2.24, 2.45) is 0 Å². The van der Waals surface area contributed by atoms with Crippen LogP contribution in [-0.2, 0) is 0 Å². The lowest BCUT2D eigenvalue weighted by Gasteiger charge is -2.13. The van der Waals surface area contributed by atoms with Crippen LogP contribution >= 0.6 is 0 Å². The zero-order valence-electron chi connectivity index (χ0n) is 16.8. The van der Waals surface area contributed by atoms with E-state index in [0.29, 0.717) is 0 Å². The highest BCUT2D eigenvalue weighted by atomic mass is 15.0. The van der Waals surface area contributed by atoms with E-state index in [2.05, 4.69) is 121 Å². The van der Waals surface area contributed by atoms with Crippen molar-refractivity contribution >= 4 is 22.6 Å². The van der Waals surface area contributed by atoms with Gasteiger partial charge in [0, 0.05) is 22.2 Å². The lowest BCUT2D eigenvalue weighted by atomic mass is 10.0. The molecule has 1 heteroatoms. The Morgan fingerprint density at radius 2 is 1.30 bits per heavy atom. The van der Waals surface area contributed by atoms with Gasteiger partial charge in [-0.15, -0.1) is 0 Å². The maximum Gasteiger partial charge on any atom is 0.0626 e. The van der Waals surface area contributed by atoms with E-state index in [-0.39, 0.29) is 0 Å². The largest absolute Gasteiger partial charge is 0.309 e. The molecule has 1 aliphatic rings. The second-order valence-corrected chi connectivity index (χ2v) is 7.93. The molecule has 0 amide bonds. The maximum atomic E-state index is 2.43. The summed E-state index contributed by atoms with van der Waals surface area (Å²) in [6.07, 6.45) is 2.33. The topological polar surface area (TPSA) is 4.93 Å². The number of para-hydroxylation sites is 1. The average molecular weight is 383 g/mol. The Balaban J connectivity index is 1.75. The second-order valence-electron chi connectivity index (χ2n) is 7.93. The summed E-state index contributed by atoms with van der Waals surface area (Å²) in [4.78, 5) is 0. The molecule has 5 aromatic rings. The summed E-state index contributed by atoms with van der Waals surface area (Å²) in [6.45, 7) is 2.14. The zero-order valence-corrected chi connectivity index (χ0v) is 16.8. The first kappa shape index (κ1) is 17.1. The third kappa shape index (κ3) is 2.49. The predicted octanol–water partition coefficient (Wildman–Crippen LogP) is 7.51. The normalized spacial score (nSPS) is 13.6. The molecule has 30 heavy (non-hydrogen) atoms. The minimum atomic E-state index is 1.20. The molecule has 0 spiro atoms. The molecule has 1 heterocycles. The predicted molar refractivity (Wildman–Crippen MR) is 127 cm³/mol. The highest BCUT2D eigenvalue weighted by Crippen LogP contribution is 2.50. The van der Waals surface area contributed by atoms with E-state index in [1.807, 2.05) is 0 Å². The maximum absolute atomic E-state index is 2.43. The van der Waals surface area contributed by atoms with Crippen molar-refractivity contribution in [2.75, 3.05) is 0 Å². The number of rotatable bonds is 2. The average Bonchev–Trinajstić information content (AvgIpc) is 3.29. The molecule has 0 saturated carbocycles. The number of hydrogen-bond acceptors (Lipinski definition) is 0. The van der Waals surface area contributed by atoms with Crippen LogP contribution in [0.15, 0.2) is 103 Å². The summed E-state index contributed by atoms with van der Waals surface area (Å²) in [5.41, 5.74) is 11.5. The van der Waals surface area contributed by atoms with Crippen LogP contribution in [-0.4, -0.2) is 4.57 Å². The van der Waals surface area contributed by atoms with Crippen LogP contribution in [0.2, 0.25) is 0 Å². The van der Waals surface area contributed by atoms with Gasteiger partial charge in [0.1, 0.15) is 0 Å². The molecule has 6 rings (SSSR count). The Morgan fingerprint density at radius 3 is 2.10 bits per heavy atom. The van der Waals surface area contributed by atoms with Crippen molar-refractivity contribution in [1.29, 1.82) is 0 Å². The number of nitrogens with zero attached hydrogens (tertiary/aromatic N) is 1. The van der Waals surface area contributed by atoms with Crippen LogP contribution in [0.5, 0.6) is 0 Å². The van der Waals surface area contributed by atoms with Gasteiger partial charge in [0.2, 0.25) is 0 Å². The molecule has 0 N–H and O–H groups in total. The van der Waals surface area contributed by atoms with Gasteiger partial charge in [-0.25, -0.2) is 0 Å². The van der Waals surface area contributed by atoms with Crippen LogP contribution < -0.4 is 0 Å². The molecule has 0 fully saturated rings. The minimum Gasteiger partial charge on any atom is -0.309 e. The third-order valence-electron chi connectivity index (χ3n) is 6.02. The molecule has 0 radical (unpaired) electrons. The Morgan fingerprint density at radius 1 is 0.633 bits per heavy atom. The Hall–Kier alpha value is -3.84. The van der Waals surface area contributed by atoms with Gasteiger partial charge < -0.3 is 4.57 Å². The summed E-state index contributed by atoms with van der Waals surface area (Å²) in [7, 11) is 0. The van der Waals surface area contributed by atoms with E-state index in [9.17, 15) is 0 Å². The third-order valence-corrected chi connectivity index (χ3v) is 6.02. The van der Waals surface area contributed by atoms with Gasteiger partial charge in [-0.1, -0.05) is 90.5 Å². The van der Waals surface area contributed by atoms with Gasteiger partial charge in [-0.3, -0.25) is 0 Å². The van der Waals surface area contributed by atoms with E-state index in [1.165, 1.54) is 55.7 Å². The van der Waals surface area contributed by atoms with E-state index >= 15 is 0 Å². The number of hydrogen-bond donors (Lipinski definition) is 0. The van der Waals surface area contributed by atoms with Gasteiger partial charge in [0.25, 0.3) is 0 Å². The van der Waals surface area contributed by atoms with Crippen molar-refractivity contribution in [3.8, 4) is 16.8 Å². The van der Waals surface area contributed by atoms with Crippen molar-refractivity contribution in [1.82, 2.24) is 4.57 Å². The van der Waals surface area contributed by atoms with Gasteiger partial charge in [-0.2, -0.15) is 0 Å². The lowest BCUT2D eigenvalue weighted by Crippen LogP contribution is -1.99. The van der Waals surface area contributed by atoms with E-state index < -0.39 is 0 Å². The van der Waals surface area contributed by atoms with Gasteiger partial charge >= 0.3 is 0 Å². The molecule has 4 aromatic carbocycles. The van der Waals surface area contributed by atoms with Crippen LogP contribution in [0, 0.1) is 6.92 Å². The molecule has 0 unspecified atom stereocenters. The van der Waals surface area contributed by atoms with Crippen molar-refractivity contribution in [3.63, 3.8) is 0 Å². The van der Waals surface area contributed by atoms with Crippen molar-refractivity contribution < 1.29 is 0 Å². The molecule has 0 bridgehead atoms. The van der Waals surface area contributed by atoms with Crippen molar-refractivity contribution in [3.05, 3.63) is 126 Å². The summed E-state index contributed by atoms with van der Waals surface area (Å²) in [5, 5.41) is 1.30. The smallest absolute Gasteiger partial charge is 0.0626 e. The second kappa shape index (κ2) is 6.60. The first-order valence-corrected chi connectivity index (χ1v) is 10.4. The number of fused-ring (bicyclic) bond motifs is 5. The fourth-order valence-electron chi connectivity index (χ4n) is 4.66. The Labute approximate surface area is 176 Å². The summed E-state index contributed by atoms with van der Waals surface area (Å²) < 4.78 is 2.43. The monoisotopic (exact) mass is 383 g/mol. The number of aryl methyl sites for hydroxylation is 1. The van der Waals surface area contributed by atoms with Gasteiger partial charge in [0.05, 0.1) is 11.2 Å². The molecule has 142 valence electrons. The zero-order chi connectivity index (χ0) is 20.1. The molecule has 1 nitrogen and oxygen atoms in total. The van der Waals surface area contributed by atoms with E-state index in [1.54, 1.807) is 0 Å². The van der Waals surface area contributed by atoms with Crippen LogP contribution in [0.25, 0.3) is 39.4 Å². The summed E-state index contributed by atoms with van der Waals surface area (Å²) in [5.74, 6) is 0. The quantitative estimate of drug-likeness (QED) is 0.291. The van der Waals surface area contributed by atoms with Crippen LogP contribution in [0.4, 0.5) is 0 Å². The SMILES string of the molecule is Cc1ccc(-n2c3c(c4ccccc42)-c2ccccc2/C3=C\c2ccccc2)cc1. The fourth-order valence-corrected chi connectivity index (χ4v) is 4.66. The highest BCUT2D eigenvalue weighted by molar-refractivity contribution is 6.15. The molecule has 0 saturated heterocycles. The summed E-state index contributed by atoms with van der Waals surface area (Å²) >= 11 is 0. The lowest BCUT2D eigenvalue weighted by molar-refractivity contribution is 1.10. The molecule has 0 aliphatic heterocycles. The Kier molecular flexibility index (Phi) is 3.75. The first-order valence-electron chi connectivity index (χ1n) is 10.4. The van der Waals surface area contributed by atoms with Gasteiger partial charge in [-0.05, 0) is 47.9 Å². The molecule has 1 aromatic heterocycles. The first-order chi connectivity index (χ1) is 14.8. The van der Waals surface area contributed by atoms with Gasteiger partial charge in [0.15, 0.2) is 0 Å². The number of benzene rings is 4. The molecule has 0 atom stereocenters. The Bertz CT molecular complexity index is 1420. The summed E-state index contributed by atoms with van der Waals surface area (Å²) in [6, 6.07) is 37.0. The van der Waals surface area contributed by atoms with E-state index in [4.69, 9.17) is 0 Å².